The summed E-state index contributed by atoms with van der Waals surface area (Å²) in [6.45, 7) is 4.93. The normalized spacial score (nSPS) is 15.6. The van der Waals surface area contributed by atoms with Crippen molar-refractivity contribution in [2.45, 2.75) is 26.0 Å². The van der Waals surface area contributed by atoms with Crippen LogP contribution in [-0.4, -0.2) is 19.8 Å². The highest BCUT2D eigenvalue weighted by atomic mass is 16.5. The third-order valence-electron chi connectivity index (χ3n) is 2.08. The first-order valence-electron chi connectivity index (χ1n) is 4.53. The van der Waals surface area contributed by atoms with Gasteiger partial charge in [-0.3, -0.25) is 0 Å². The predicted molar refractivity (Wildman–Crippen MR) is 51.6 cm³/mol. The monoisotopic (exact) mass is 183 g/mol. The number of furan rings is 1. The molecular weight excluding hydrogens is 166 g/mol. The fourth-order valence-electron chi connectivity index (χ4n) is 1.06. The lowest BCUT2D eigenvalue weighted by atomic mass is 10.2. The Bertz CT molecular complexity index is 221. The van der Waals surface area contributed by atoms with Gasteiger partial charge in [-0.2, -0.15) is 0 Å². The Hall–Kier alpha value is -0.800. The summed E-state index contributed by atoms with van der Waals surface area (Å²) in [5, 5.41) is 3.32. The van der Waals surface area contributed by atoms with Crippen molar-refractivity contribution in [1.29, 1.82) is 0 Å². The molecule has 0 bridgehead atoms. The standard InChI is InChI=1S/C10H17NO2/c1-8(12-3)7-11-9(2)10-5-4-6-13-10/h4-6,8-9,11H,7H2,1-3H3/t8?,9-/m1/s1. The van der Waals surface area contributed by atoms with E-state index in [-0.39, 0.29) is 12.1 Å². The summed E-state index contributed by atoms with van der Waals surface area (Å²) in [4.78, 5) is 0. The summed E-state index contributed by atoms with van der Waals surface area (Å²) in [6.07, 6.45) is 1.92. The quantitative estimate of drug-likeness (QED) is 0.757. The van der Waals surface area contributed by atoms with Crippen LogP contribution in [0.2, 0.25) is 0 Å². The molecule has 1 unspecified atom stereocenters. The summed E-state index contributed by atoms with van der Waals surface area (Å²) in [7, 11) is 1.71. The van der Waals surface area contributed by atoms with Crippen LogP contribution >= 0.6 is 0 Å². The Morgan fingerprint density at radius 2 is 2.31 bits per heavy atom. The van der Waals surface area contributed by atoms with E-state index in [1.54, 1.807) is 13.4 Å². The van der Waals surface area contributed by atoms with Gasteiger partial charge in [0.25, 0.3) is 0 Å². The lowest BCUT2D eigenvalue weighted by Crippen LogP contribution is -2.28. The second kappa shape index (κ2) is 5.04. The van der Waals surface area contributed by atoms with E-state index >= 15 is 0 Å². The molecule has 2 atom stereocenters. The first-order chi connectivity index (χ1) is 6.24. The smallest absolute Gasteiger partial charge is 0.120 e. The lowest BCUT2D eigenvalue weighted by Gasteiger charge is -2.14. The molecule has 3 heteroatoms. The van der Waals surface area contributed by atoms with Crippen molar-refractivity contribution >= 4 is 0 Å². The van der Waals surface area contributed by atoms with E-state index in [4.69, 9.17) is 9.15 Å². The van der Waals surface area contributed by atoms with Gasteiger partial charge in [0.05, 0.1) is 18.4 Å². The lowest BCUT2D eigenvalue weighted by molar-refractivity contribution is 0.114. The molecule has 1 N–H and O–H groups in total. The number of ether oxygens (including phenoxy) is 1. The Kier molecular flexibility index (Phi) is 3.99. The van der Waals surface area contributed by atoms with Crippen LogP contribution < -0.4 is 5.32 Å². The van der Waals surface area contributed by atoms with E-state index in [0.717, 1.165) is 12.3 Å². The third kappa shape index (κ3) is 3.20. The molecule has 74 valence electrons. The van der Waals surface area contributed by atoms with E-state index in [1.807, 2.05) is 19.1 Å². The van der Waals surface area contributed by atoms with Crippen molar-refractivity contribution in [2.75, 3.05) is 13.7 Å². The molecule has 0 aliphatic carbocycles. The van der Waals surface area contributed by atoms with Gasteiger partial charge in [0.1, 0.15) is 5.76 Å². The predicted octanol–water partition coefficient (Wildman–Crippen LogP) is 1.97. The minimum absolute atomic E-state index is 0.234. The Labute approximate surface area is 79.1 Å². The molecule has 0 saturated heterocycles. The van der Waals surface area contributed by atoms with Crippen LogP contribution in [0, 0.1) is 0 Å². The Morgan fingerprint density at radius 1 is 1.54 bits per heavy atom. The molecule has 1 rings (SSSR count). The highest BCUT2D eigenvalue weighted by molar-refractivity contribution is 5.02. The van der Waals surface area contributed by atoms with Crippen LogP contribution in [0.15, 0.2) is 22.8 Å². The second-order valence-electron chi connectivity index (χ2n) is 3.19. The van der Waals surface area contributed by atoms with E-state index < -0.39 is 0 Å². The average Bonchev–Trinajstić information content (AvgIpc) is 2.66. The van der Waals surface area contributed by atoms with Crippen LogP contribution in [0.1, 0.15) is 25.6 Å². The fraction of sp³-hybridized carbons (Fsp3) is 0.600. The van der Waals surface area contributed by atoms with Crippen molar-refractivity contribution < 1.29 is 9.15 Å². The number of hydrogen-bond acceptors (Lipinski definition) is 3. The summed E-state index contributed by atoms with van der Waals surface area (Å²) >= 11 is 0. The van der Waals surface area contributed by atoms with E-state index in [9.17, 15) is 0 Å². The number of hydrogen-bond donors (Lipinski definition) is 1. The molecule has 1 aromatic heterocycles. The molecule has 0 saturated carbocycles. The number of nitrogens with one attached hydrogen (secondary N) is 1. The average molecular weight is 183 g/mol. The largest absolute Gasteiger partial charge is 0.468 e. The molecule has 3 nitrogen and oxygen atoms in total. The second-order valence-corrected chi connectivity index (χ2v) is 3.19. The summed E-state index contributed by atoms with van der Waals surface area (Å²) in [5.74, 6) is 0.961. The van der Waals surface area contributed by atoms with E-state index in [0.29, 0.717) is 0 Å². The van der Waals surface area contributed by atoms with Gasteiger partial charge in [-0.1, -0.05) is 0 Å². The van der Waals surface area contributed by atoms with Crippen molar-refractivity contribution in [3.05, 3.63) is 24.2 Å². The highest BCUT2D eigenvalue weighted by Gasteiger charge is 2.08. The van der Waals surface area contributed by atoms with Gasteiger partial charge in [0, 0.05) is 13.7 Å². The zero-order chi connectivity index (χ0) is 9.68. The van der Waals surface area contributed by atoms with Crippen molar-refractivity contribution in [3.63, 3.8) is 0 Å². The van der Waals surface area contributed by atoms with Gasteiger partial charge >= 0.3 is 0 Å². The zero-order valence-corrected chi connectivity index (χ0v) is 8.41. The molecule has 0 amide bonds. The first-order valence-corrected chi connectivity index (χ1v) is 4.53. The van der Waals surface area contributed by atoms with E-state index in [1.165, 1.54) is 0 Å². The van der Waals surface area contributed by atoms with Gasteiger partial charge in [-0.15, -0.1) is 0 Å². The Balaban J connectivity index is 2.30. The molecule has 1 heterocycles. The van der Waals surface area contributed by atoms with Crippen LogP contribution in [0.5, 0.6) is 0 Å². The minimum Gasteiger partial charge on any atom is -0.468 e. The molecule has 0 aliphatic rings. The first kappa shape index (κ1) is 10.3. The SMILES string of the molecule is COC(C)CN[C@H](C)c1ccco1. The molecule has 0 aromatic carbocycles. The molecule has 1 aromatic rings. The third-order valence-corrected chi connectivity index (χ3v) is 2.08. The fourth-order valence-corrected chi connectivity index (χ4v) is 1.06. The molecule has 0 spiro atoms. The molecular formula is C10H17NO2. The topological polar surface area (TPSA) is 34.4 Å². The summed E-state index contributed by atoms with van der Waals surface area (Å²) in [5.41, 5.74) is 0. The van der Waals surface area contributed by atoms with Crippen molar-refractivity contribution in [1.82, 2.24) is 5.32 Å². The van der Waals surface area contributed by atoms with Gasteiger partial charge in [-0.05, 0) is 26.0 Å². The molecule has 13 heavy (non-hydrogen) atoms. The maximum atomic E-state index is 5.26. The highest BCUT2D eigenvalue weighted by Crippen LogP contribution is 2.11. The van der Waals surface area contributed by atoms with Gasteiger partial charge in [0.2, 0.25) is 0 Å². The zero-order valence-electron chi connectivity index (χ0n) is 8.41. The summed E-state index contributed by atoms with van der Waals surface area (Å²) in [6, 6.07) is 4.11. The number of methoxy groups -OCH3 is 1. The van der Waals surface area contributed by atoms with Gasteiger partial charge in [-0.25, -0.2) is 0 Å². The van der Waals surface area contributed by atoms with Crippen LogP contribution in [0.25, 0.3) is 0 Å². The maximum Gasteiger partial charge on any atom is 0.120 e. The van der Waals surface area contributed by atoms with Crippen LogP contribution in [-0.2, 0) is 4.74 Å². The van der Waals surface area contributed by atoms with Crippen molar-refractivity contribution in [2.24, 2.45) is 0 Å². The van der Waals surface area contributed by atoms with Crippen LogP contribution in [0.3, 0.4) is 0 Å². The van der Waals surface area contributed by atoms with Gasteiger partial charge < -0.3 is 14.5 Å². The van der Waals surface area contributed by atoms with Gasteiger partial charge in [0.15, 0.2) is 0 Å². The van der Waals surface area contributed by atoms with E-state index in [2.05, 4.69) is 12.2 Å². The number of rotatable bonds is 5. The summed E-state index contributed by atoms with van der Waals surface area (Å²) < 4.78 is 10.4. The molecule has 0 fully saturated rings. The molecule has 0 radical (unpaired) electrons. The molecule has 0 aliphatic heterocycles. The Morgan fingerprint density at radius 3 is 2.85 bits per heavy atom. The van der Waals surface area contributed by atoms with Crippen molar-refractivity contribution in [3.8, 4) is 0 Å². The minimum atomic E-state index is 0.234. The van der Waals surface area contributed by atoms with Crippen LogP contribution in [0.4, 0.5) is 0 Å². The maximum absolute atomic E-state index is 5.26.